The molecule has 1 rings (SSSR count). The van der Waals surface area contributed by atoms with Crippen LogP contribution in [0.2, 0.25) is 0 Å². The molecule has 0 fully saturated rings. The van der Waals surface area contributed by atoms with E-state index in [1.165, 1.54) is 0 Å². The molecule has 0 saturated heterocycles. The van der Waals surface area contributed by atoms with Crippen LogP contribution >= 0.6 is 0 Å². The summed E-state index contributed by atoms with van der Waals surface area (Å²) in [5, 5.41) is 8.45. The smallest absolute Gasteiger partial charge is 0.0729 e. The molecule has 1 aliphatic rings. The Labute approximate surface area is 42.9 Å². The fourth-order valence-electron chi connectivity index (χ4n) is 0.703. The van der Waals surface area contributed by atoms with E-state index in [0.29, 0.717) is 0 Å². The van der Waals surface area contributed by atoms with Crippen LogP contribution in [0.3, 0.4) is 0 Å². The van der Waals surface area contributed by atoms with E-state index in [0.717, 1.165) is 12.8 Å². The summed E-state index contributed by atoms with van der Waals surface area (Å²) < 4.78 is 0. The summed E-state index contributed by atoms with van der Waals surface area (Å²) in [7, 11) is 0. The van der Waals surface area contributed by atoms with Gasteiger partial charge in [-0.2, -0.15) is 0 Å². The first-order chi connectivity index (χ1) is 3.43. The van der Waals surface area contributed by atoms with Gasteiger partial charge in [-0.15, -0.1) is 0 Å². The topological polar surface area (TPSA) is 32.6 Å². The van der Waals surface area contributed by atoms with Gasteiger partial charge < -0.3 is 5.11 Å². The highest BCUT2D eigenvalue weighted by molar-refractivity contribution is 5.59. The average Bonchev–Trinajstić information content (AvgIpc) is 2.14. The SMILES string of the molecule is OCC1CCC=N1. The summed E-state index contributed by atoms with van der Waals surface area (Å²) in [5.74, 6) is 0. The summed E-state index contributed by atoms with van der Waals surface area (Å²) in [6.45, 7) is 0.219. The van der Waals surface area contributed by atoms with Gasteiger partial charge in [0, 0.05) is 0 Å². The highest BCUT2D eigenvalue weighted by Crippen LogP contribution is 2.05. The van der Waals surface area contributed by atoms with Gasteiger partial charge in [-0.05, 0) is 19.1 Å². The monoisotopic (exact) mass is 99.1 g/mol. The molecule has 0 amide bonds. The minimum atomic E-state index is 0.219. The Morgan fingerprint density at radius 2 is 2.71 bits per heavy atom. The number of hydrogen-bond donors (Lipinski definition) is 1. The molecule has 1 aliphatic heterocycles. The van der Waals surface area contributed by atoms with Crippen molar-refractivity contribution in [3.63, 3.8) is 0 Å². The molecule has 1 N–H and O–H groups in total. The molecule has 2 heteroatoms. The van der Waals surface area contributed by atoms with Crippen LogP contribution in [0.4, 0.5) is 0 Å². The largest absolute Gasteiger partial charge is 0.394 e. The second kappa shape index (κ2) is 2.07. The summed E-state index contributed by atoms with van der Waals surface area (Å²) in [6.07, 6.45) is 3.96. The summed E-state index contributed by atoms with van der Waals surface area (Å²) in [6, 6.07) is 0.222. The summed E-state index contributed by atoms with van der Waals surface area (Å²) in [5.41, 5.74) is 0. The molecule has 2 nitrogen and oxygen atoms in total. The van der Waals surface area contributed by atoms with Crippen molar-refractivity contribution in [2.75, 3.05) is 6.61 Å². The lowest BCUT2D eigenvalue weighted by Crippen LogP contribution is -2.03. The zero-order valence-corrected chi connectivity index (χ0v) is 4.17. The first-order valence-corrected chi connectivity index (χ1v) is 2.56. The van der Waals surface area contributed by atoms with Crippen LogP contribution < -0.4 is 0 Å². The molecule has 0 spiro atoms. The Balaban J connectivity index is 2.28. The number of nitrogens with zero attached hydrogens (tertiary/aromatic N) is 1. The van der Waals surface area contributed by atoms with Crippen LogP contribution in [0.15, 0.2) is 4.99 Å². The normalized spacial score (nSPS) is 29.0. The van der Waals surface area contributed by atoms with E-state index in [-0.39, 0.29) is 12.6 Å². The summed E-state index contributed by atoms with van der Waals surface area (Å²) in [4.78, 5) is 3.98. The van der Waals surface area contributed by atoms with Crippen LogP contribution in [0.25, 0.3) is 0 Å². The van der Waals surface area contributed by atoms with Gasteiger partial charge >= 0.3 is 0 Å². The van der Waals surface area contributed by atoms with Crippen molar-refractivity contribution in [3.8, 4) is 0 Å². The Morgan fingerprint density at radius 3 is 3.00 bits per heavy atom. The van der Waals surface area contributed by atoms with Crippen LogP contribution in [0.1, 0.15) is 12.8 Å². The minimum Gasteiger partial charge on any atom is -0.394 e. The molecular formula is C5H9NO. The molecular weight excluding hydrogens is 90.1 g/mol. The van der Waals surface area contributed by atoms with Gasteiger partial charge in [0.1, 0.15) is 0 Å². The lowest BCUT2D eigenvalue weighted by Gasteiger charge is -1.96. The number of aliphatic imine (C=N–C) groups is 1. The molecule has 7 heavy (non-hydrogen) atoms. The maximum Gasteiger partial charge on any atom is 0.0729 e. The average molecular weight is 99.1 g/mol. The fraction of sp³-hybridized carbons (Fsp3) is 0.800. The third-order valence-corrected chi connectivity index (χ3v) is 1.16. The second-order valence-electron chi connectivity index (χ2n) is 1.75. The maximum atomic E-state index is 8.45. The molecule has 0 saturated carbocycles. The predicted octanol–water partition coefficient (Wildman–Crippen LogP) is 0.212. The van der Waals surface area contributed by atoms with Crippen LogP contribution in [0.5, 0.6) is 0 Å². The van der Waals surface area contributed by atoms with Crippen molar-refractivity contribution >= 4 is 6.21 Å². The fourth-order valence-corrected chi connectivity index (χ4v) is 0.703. The highest BCUT2D eigenvalue weighted by Gasteiger charge is 2.06. The van der Waals surface area contributed by atoms with Crippen LogP contribution in [-0.2, 0) is 0 Å². The van der Waals surface area contributed by atoms with E-state index in [4.69, 9.17) is 5.11 Å². The summed E-state index contributed by atoms with van der Waals surface area (Å²) >= 11 is 0. The molecule has 0 aliphatic carbocycles. The molecule has 0 radical (unpaired) electrons. The van der Waals surface area contributed by atoms with Crippen molar-refractivity contribution in [1.82, 2.24) is 0 Å². The van der Waals surface area contributed by atoms with Gasteiger partial charge in [0.25, 0.3) is 0 Å². The number of aliphatic hydroxyl groups excluding tert-OH is 1. The Kier molecular flexibility index (Phi) is 1.42. The first kappa shape index (κ1) is 4.78. The maximum absolute atomic E-state index is 8.45. The number of rotatable bonds is 1. The van der Waals surface area contributed by atoms with Gasteiger partial charge in [-0.1, -0.05) is 0 Å². The zero-order valence-electron chi connectivity index (χ0n) is 4.17. The van der Waals surface area contributed by atoms with E-state index in [1.807, 2.05) is 6.21 Å². The molecule has 1 atom stereocenters. The third-order valence-electron chi connectivity index (χ3n) is 1.16. The van der Waals surface area contributed by atoms with Gasteiger partial charge in [0.15, 0.2) is 0 Å². The Bertz CT molecular complexity index is 80.1. The highest BCUT2D eigenvalue weighted by atomic mass is 16.3. The van der Waals surface area contributed by atoms with Gasteiger partial charge in [0.2, 0.25) is 0 Å². The minimum absolute atomic E-state index is 0.219. The van der Waals surface area contributed by atoms with E-state index < -0.39 is 0 Å². The molecule has 0 aromatic rings. The van der Waals surface area contributed by atoms with Crippen molar-refractivity contribution in [1.29, 1.82) is 0 Å². The van der Waals surface area contributed by atoms with Crippen molar-refractivity contribution in [2.24, 2.45) is 4.99 Å². The van der Waals surface area contributed by atoms with Crippen molar-refractivity contribution < 1.29 is 5.11 Å². The molecule has 0 aromatic carbocycles. The predicted molar refractivity (Wildman–Crippen MR) is 28.6 cm³/mol. The first-order valence-electron chi connectivity index (χ1n) is 2.56. The van der Waals surface area contributed by atoms with Crippen LogP contribution in [0, 0.1) is 0 Å². The molecule has 0 bridgehead atoms. The lowest BCUT2D eigenvalue weighted by molar-refractivity contribution is 0.267. The van der Waals surface area contributed by atoms with Crippen LogP contribution in [-0.4, -0.2) is 24.0 Å². The van der Waals surface area contributed by atoms with E-state index in [9.17, 15) is 0 Å². The van der Waals surface area contributed by atoms with E-state index in [2.05, 4.69) is 4.99 Å². The Morgan fingerprint density at radius 1 is 1.86 bits per heavy atom. The second-order valence-corrected chi connectivity index (χ2v) is 1.75. The molecule has 1 heterocycles. The Hall–Kier alpha value is -0.370. The number of aliphatic hydroxyl groups is 1. The zero-order chi connectivity index (χ0) is 5.11. The molecule has 1 unspecified atom stereocenters. The van der Waals surface area contributed by atoms with E-state index >= 15 is 0 Å². The molecule has 40 valence electrons. The van der Waals surface area contributed by atoms with Crippen molar-refractivity contribution in [2.45, 2.75) is 18.9 Å². The molecule has 0 aromatic heterocycles. The van der Waals surface area contributed by atoms with Crippen molar-refractivity contribution in [3.05, 3.63) is 0 Å². The van der Waals surface area contributed by atoms with Gasteiger partial charge in [0.05, 0.1) is 12.6 Å². The lowest BCUT2D eigenvalue weighted by atomic mass is 10.2. The van der Waals surface area contributed by atoms with E-state index in [1.54, 1.807) is 0 Å². The van der Waals surface area contributed by atoms with Gasteiger partial charge in [-0.25, -0.2) is 0 Å². The van der Waals surface area contributed by atoms with Gasteiger partial charge in [-0.3, -0.25) is 4.99 Å². The quantitative estimate of drug-likeness (QED) is 0.501. The third kappa shape index (κ3) is 0.996. The standard InChI is InChI=1S/C5H9NO/c7-4-5-2-1-3-6-5/h3,5,7H,1-2,4H2. The number of hydrogen-bond acceptors (Lipinski definition) is 2.